The maximum atomic E-state index is 12.1. The van der Waals surface area contributed by atoms with E-state index in [0.29, 0.717) is 12.3 Å². The number of amides is 1. The number of carbonyl (C=O) groups is 1. The highest BCUT2D eigenvalue weighted by atomic mass is 16.2. The number of nitrogens with one attached hydrogen (secondary N) is 1. The van der Waals surface area contributed by atoms with Gasteiger partial charge in [-0.1, -0.05) is 13.3 Å². The Balaban J connectivity index is 1.68. The molecule has 0 saturated carbocycles. The number of piperidine rings is 1. The molecule has 1 amide bonds. The van der Waals surface area contributed by atoms with Gasteiger partial charge in [-0.05, 0) is 25.3 Å². The summed E-state index contributed by atoms with van der Waals surface area (Å²) in [4.78, 5) is 16.6. The largest absolute Gasteiger partial charge is 0.340 e. The van der Waals surface area contributed by atoms with E-state index in [4.69, 9.17) is 0 Å². The fourth-order valence-electron chi connectivity index (χ4n) is 3.01. The quantitative estimate of drug-likeness (QED) is 0.809. The molecular formula is C14H27N3O. The molecule has 1 atom stereocenters. The van der Waals surface area contributed by atoms with Gasteiger partial charge in [0.05, 0.1) is 0 Å². The number of rotatable bonds is 4. The summed E-state index contributed by atoms with van der Waals surface area (Å²) in [5, 5.41) is 3.28. The topological polar surface area (TPSA) is 35.6 Å². The van der Waals surface area contributed by atoms with Crippen molar-refractivity contribution >= 4 is 5.91 Å². The van der Waals surface area contributed by atoms with Crippen LogP contribution in [0, 0.1) is 5.92 Å². The number of likely N-dealkylation sites (tertiary alicyclic amines) is 1. The van der Waals surface area contributed by atoms with Gasteiger partial charge in [0.15, 0.2) is 0 Å². The molecule has 0 aromatic heterocycles. The van der Waals surface area contributed by atoms with Crippen LogP contribution in [0.3, 0.4) is 0 Å². The molecule has 0 aromatic rings. The van der Waals surface area contributed by atoms with Crippen LogP contribution in [0.1, 0.15) is 32.6 Å². The minimum atomic E-state index is 0.343. The van der Waals surface area contributed by atoms with Crippen LogP contribution in [-0.4, -0.2) is 61.5 Å². The fourth-order valence-corrected chi connectivity index (χ4v) is 3.01. The van der Waals surface area contributed by atoms with Crippen molar-refractivity contribution in [2.45, 2.75) is 32.6 Å². The van der Waals surface area contributed by atoms with Crippen molar-refractivity contribution in [2.75, 3.05) is 45.8 Å². The molecule has 18 heavy (non-hydrogen) atoms. The lowest BCUT2D eigenvalue weighted by atomic mass is 9.95. The smallest absolute Gasteiger partial charge is 0.223 e. The van der Waals surface area contributed by atoms with Gasteiger partial charge in [0, 0.05) is 45.7 Å². The van der Waals surface area contributed by atoms with Gasteiger partial charge in [0.1, 0.15) is 0 Å². The molecule has 2 aliphatic heterocycles. The Kier molecular flexibility index (Phi) is 5.45. The molecule has 2 rings (SSSR count). The van der Waals surface area contributed by atoms with Crippen molar-refractivity contribution < 1.29 is 4.79 Å². The minimum Gasteiger partial charge on any atom is -0.340 e. The molecule has 1 N–H and O–H groups in total. The first-order chi connectivity index (χ1) is 8.79. The van der Waals surface area contributed by atoms with Crippen LogP contribution >= 0.6 is 0 Å². The van der Waals surface area contributed by atoms with E-state index in [0.717, 1.165) is 38.6 Å². The summed E-state index contributed by atoms with van der Waals surface area (Å²) in [6.45, 7) is 9.30. The van der Waals surface area contributed by atoms with Crippen LogP contribution < -0.4 is 5.32 Å². The van der Waals surface area contributed by atoms with Crippen LogP contribution in [-0.2, 0) is 4.79 Å². The molecule has 2 saturated heterocycles. The molecule has 0 bridgehead atoms. The average molecular weight is 253 g/mol. The van der Waals surface area contributed by atoms with Gasteiger partial charge in [-0.25, -0.2) is 0 Å². The monoisotopic (exact) mass is 253 g/mol. The Labute approximate surface area is 111 Å². The predicted octanol–water partition coefficient (Wildman–Crippen LogP) is 0.930. The predicted molar refractivity (Wildman–Crippen MR) is 73.5 cm³/mol. The number of carbonyl (C=O) groups excluding carboxylic acids is 1. The lowest BCUT2D eigenvalue weighted by molar-refractivity contribution is -0.132. The lowest BCUT2D eigenvalue weighted by Crippen LogP contribution is -2.47. The Morgan fingerprint density at radius 3 is 2.78 bits per heavy atom. The van der Waals surface area contributed by atoms with E-state index >= 15 is 0 Å². The van der Waals surface area contributed by atoms with Crippen molar-refractivity contribution in [2.24, 2.45) is 5.92 Å². The Hall–Kier alpha value is -0.610. The third-order valence-electron chi connectivity index (χ3n) is 4.29. The molecule has 0 aliphatic carbocycles. The van der Waals surface area contributed by atoms with Crippen molar-refractivity contribution in [3.05, 3.63) is 0 Å². The Morgan fingerprint density at radius 2 is 2.06 bits per heavy atom. The number of nitrogens with zero attached hydrogens (tertiary/aromatic N) is 2. The highest BCUT2D eigenvalue weighted by Crippen LogP contribution is 2.19. The van der Waals surface area contributed by atoms with Gasteiger partial charge in [0.25, 0.3) is 0 Å². The molecule has 2 fully saturated rings. The Morgan fingerprint density at radius 1 is 1.28 bits per heavy atom. The average Bonchev–Trinajstić information content (AvgIpc) is 2.46. The fraction of sp³-hybridized carbons (Fsp3) is 0.929. The maximum Gasteiger partial charge on any atom is 0.223 e. The first-order valence-corrected chi connectivity index (χ1v) is 7.50. The van der Waals surface area contributed by atoms with Crippen LogP contribution in [0.15, 0.2) is 0 Å². The van der Waals surface area contributed by atoms with Gasteiger partial charge < -0.3 is 15.1 Å². The molecule has 104 valence electrons. The lowest BCUT2D eigenvalue weighted by Gasteiger charge is -2.33. The molecule has 2 aliphatic rings. The first-order valence-electron chi connectivity index (χ1n) is 7.50. The van der Waals surface area contributed by atoms with E-state index in [9.17, 15) is 4.79 Å². The summed E-state index contributed by atoms with van der Waals surface area (Å²) in [5.74, 6) is 1.20. The van der Waals surface area contributed by atoms with Gasteiger partial charge in [-0.15, -0.1) is 0 Å². The molecule has 4 nitrogen and oxygen atoms in total. The summed E-state index contributed by atoms with van der Waals surface area (Å²) in [6, 6.07) is 0. The second kappa shape index (κ2) is 7.10. The van der Waals surface area contributed by atoms with Gasteiger partial charge >= 0.3 is 0 Å². The van der Waals surface area contributed by atoms with Crippen molar-refractivity contribution in [3.8, 4) is 0 Å². The van der Waals surface area contributed by atoms with Crippen LogP contribution in [0.2, 0.25) is 0 Å². The van der Waals surface area contributed by atoms with Crippen LogP contribution in [0.4, 0.5) is 0 Å². The number of hydrogen-bond donors (Lipinski definition) is 1. The summed E-state index contributed by atoms with van der Waals surface area (Å²) in [5.41, 5.74) is 0. The van der Waals surface area contributed by atoms with Crippen LogP contribution in [0.25, 0.3) is 0 Å². The van der Waals surface area contributed by atoms with Crippen molar-refractivity contribution in [1.29, 1.82) is 0 Å². The van der Waals surface area contributed by atoms with Crippen LogP contribution in [0.5, 0.6) is 0 Å². The zero-order chi connectivity index (χ0) is 12.8. The maximum absolute atomic E-state index is 12.1. The number of hydrogen-bond acceptors (Lipinski definition) is 3. The van der Waals surface area contributed by atoms with E-state index in [-0.39, 0.29) is 0 Å². The first kappa shape index (κ1) is 13.8. The highest BCUT2D eigenvalue weighted by molar-refractivity contribution is 5.76. The zero-order valence-corrected chi connectivity index (χ0v) is 11.7. The molecule has 0 radical (unpaired) electrons. The zero-order valence-electron chi connectivity index (χ0n) is 11.7. The van der Waals surface area contributed by atoms with E-state index in [1.165, 1.54) is 32.4 Å². The molecule has 1 unspecified atom stereocenters. The second-order valence-corrected chi connectivity index (χ2v) is 5.60. The molecule has 0 spiro atoms. The van der Waals surface area contributed by atoms with E-state index < -0.39 is 0 Å². The normalized spacial score (nSPS) is 26.3. The summed E-state index contributed by atoms with van der Waals surface area (Å²) in [7, 11) is 0. The molecule has 0 aromatic carbocycles. The molecular weight excluding hydrogens is 226 g/mol. The summed E-state index contributed by atoms with van der Waals surface area (Å²) >= 11 is 0. The standard InChI is InChI=1S/C14H27N3O/c1-2-13-4-3-8-16(12-13)9-5-14(18)17-10-6-15-7-11-17/h13,15H,2-12H2,1H3. The van der Waals surface area contributed by atoms with E-state index in [2.05, 4.69) is 17.1 Å². The Bertz CT molecular complexity index is 264. The van der Waals surface area contributed by atoms with E-state index in [1.54, 1.807) is 0 Å². The SMILES string of the molecule is CCC1CCCN(CCC(=O)N2CCNCC2)C1. The number of piperazine rings is 1. The summed E-state index contributed by atoms with van der Waals surface area (Å²) in [6.07, 6.45) is 4.66. The van der Waals surface area contributed by atoms with Crippen molar-refractivity contribution in [1.82, 2.24) is 15.1 Å². The third-order valence-corrected chi connectivity index (χ3v) is 4.29. The van der Waals surface area contributed by atoms with Crippen molar-refractivity contribution in [3.63, 3.8) is 0 Å². The van der Waals surface area contributed by atoms with Gasteiger partial charge in [-0.3, -0.25) is 4.79 Å². The highest BCUT2D eigenvalue weighted by Gasteiger charge is 2.21. The minimum absolute atomic E-state index is 0.343. The third kappa shape index (κ3) is 3.95. The molecule has 2 heterocycles. The van der Waals surface area contributed by atoms with Gasteiger partial charge in [0.2, 0.25) is 5.91 Å². The molecule has 4 heteroatoms. The summed E-state index contributed by atoms with van der Waals surface area (Å²) < 4.78 is 0. The second-order valence-electron chi connectivity index (χ2n) is 5.60. The van der Waals surface area contributed by atoms with Gasteiger partial charge in [-0.2, -0.15) is 0 Å². The van der Waals surface area contributed by atoms with E-state index in [1.807, 2.05) is 4.90 Å².